The van der Waals surface area contributed by atoms with Gasteiger partial charge in [-0.15, -0.1) is 0 Å². The molecule has 0 unspecified atom stereocenters. The van der Waals surface area contributed by atoms with Gasteiger partial charge in [0.25, 0.3) is 11.7 Å². The van der Waals surface area contributed by atoms with Crippen molar-refractivity contribution >= 4 is 17.4 Å². The summed E-state index contributed by atoms with van der Waals surface area (Å²) in [6.45, 7) is 4.19. The van der Waals surface area contributed by atoms with Gasteiger partial charge in [0, 0.05) is 31.7 Å². The summed E-state index contributed by atoms with van der Waals surface area (Å²) < 4.78 is 24.0. The molecule has 1 N–H and O–H groups in total. The lowest BCUT2D eigenvalue weighted by Gasteiger charge is -2.29. The molecule has 0 spiro atoms. The van der Waals surface area contributed by atoms with Crippen LogP contribution < -0.4 is 4.74 Å². The van der Waals surface area contributed by atoms with Crippen LogP contribution in [0.5, 0.6) is 5.75 Å². The quantitative estimate of drug-likeness (QED) is 0.394. The van der Waals surface area contributed by atoms with Crippen LogP contribution in [0.4, 0.5) is 4.39 Å². The maximum atomic E-state index is 13.4. The van der Waals surface area contributed by atoms with Gasteiger partial charge in [-0.1, -0.05) is 12.1 Å². The summed E-state index contributed by atoms with van der Waals surface area (Å²) in [5, 5.41) is 11.0. The molecule has 2 aromatic rings. The van der Waals surface area contributed by atoms with Crippen LogP contribution in [0.25, 0.3) is 5.76 Å². The zero-order valence-corrected chi connectivity index (χ0v) is 18.5. The molecular weight excluding hydrogens is 427 g/mol. The highest BCUT2D eigenvalue weighted by Gasteiger charge is 2.45. The Bertz CT molecular complexity index is 1030. The zero-order valence-electron chi connectivity index (χ0n) is 18.5. The predicted octanol–water partition coefficient (Wildman–Crippen LogP) is 2.98. The molecule has 1 atom stereocenters. The molecule has 2 aromatic carbocycles. The van der Waals surface area contributed by atoms with Gasteiger partial charge in [-0.2, -0.15) is 0 Å². The lowest BCUT2D eigenvalue weighted by molar-refractivity contribution is -0.140. The van der Waals surface area contributed by atoms with Crippen molar-refractivity contribution in [3.05, 3.63) is 71.0 Å². The number of morpholine rings is 1. The number of ether oxygens (including phenoxy) is 2. The maximum Gasteiger partial charge on any atom is 0.295 e. The molecule has 0 aliphatic carbocycles. The second-order valence-electron chi connectivity index (χ2n) is 8.08. The normalized spacial score (nSPS) is 20.9. The Hall–Kier alpha value is -3.23. The minimum absolute atomic E-state index is 0.00291. The molecule has 2 aliphatic rings. The van der Waals surface area contributed by atoms with Crippen LogP contribution in [0.1, 0.15) is 23.6 Å². The number of hydrogen-bond donors (Lipinski definition) is 1. The Labute approximate surface area is 192 Å². The van der Waals surface area contributed by atoms with E-state index < -0.39 is 23.5 Å². The number of likely N-dealkylation sites (tertiary alicyclic amines) is 1. The van der Waals surface area contributed by atoms with Crippen LogP contribution in [0.15, 0.2) is 54.1 Å². The topological polar surface area (TPSA) is 79.3 Å². The Morgan fingerprint density at radius 1 is 1.06 bits per heavy atom. The van der Waals surface area contributed by atoms with Crippen molar-refractivity contribution in [2.75, 3.05) is 46.5 Å². The van der Waals surface area contributed by atoms with Gasteiger partial charge in [0.05, 0.1) is 31.9 Å². The number of Topliss-reactive ketones (excluding diaryl/α,β-unsaturated/α-hetero) is 1. The molecule has 2 aliphatic heterocycles. The standard InChI is InChI=1S/C25H27FN2O5/c1-32-20-9-5-17(6-10-20)22-21(23(29)18-3-7-19(26)8-4-18)24(30)25(31)28(22)12-2-11-27-13-15-33-16-14-27/h3-10,22,29H,2,11-16H2,1H3/t22-/m1/s1. The molecule has 1 amide bonds. The van der Waals surface area contributed by atoms with Crippen molar-refractivity contribution in [3.63, 3.8) is 0 Å². The number of methoxy groups -OCH3 is 1. The van der Waals surface area contributed by atoms with E-state index in [1.54, 1.807) is 31.4 Å². The Kier molecular flexibility index (Phi) is 7.05. The molecule has 33 heavy (non-hydrogen) atoms. The lowest BCUT2D eigenvalue weighted by Crippen LogP contribution is -2.38. The average Bonchev–Trinajstić information content (AvgIpc) is 3.10. The fourth-order valence-electron chi connectivity index (χ4n) is 4.30. The number of ketones is 1. The van der Waals surface area contributed by atoms with E-state index in [9.17, 15) is 19.1 Å². The number of halogens is 1. The molecular formula is C25H27FN2O5. The van der Waals surface area contributed by atoms with Crippen LogP contribution in [0.3, 0.4) is 0 Å². The Morgan fingerprint density at radius 2 is 1.73 bits per heavy atom. The Morgan fingerprint density at radius 3 is 2.36 bits per heavy atom. The number of hydrogen-bond acceptors (Lipinski definition) is 6. The van der Waals surface area contributed by atoms with Gasteiger partial charge in [0.15, 0.2) is 0 Å². The molecule has 0 saturated carbocycles. The lowest BCUT2D eigenvalue weighted by atomic mass is 9.95. The summed E-state index contributed by atoms with van der Waals surface area (Å²) in [7, 11) is 1.56. The fraction of sp³-hybridized carbons (Fsp3) is 0.360. The third-order valence-corrected chi connectivity index (χ3v) is 6.07. The van der Waals surface area contributed by atoms with Crippen LogP contribution >= 0.6 is 0 Å². The predicted molar refractivity (Wildman–Crippen MR) is 120 cm³/mol. The molecule has 2 saturated heterocycles. The van der Waals surface area contributed by atoms with Crippen molar-refractivity contribution in [1.29, 1.82) is 0 Å². The highest BCUT2D eigenvalue weighted by atomic mass is 19.1. The van der Waals surface area contributed by atoms with E-state index in [-0.39, 0.29) is 16.9 Å². The number of carbonyl (C=O) groups is 2. The van der Waals surface area contributed by atoms with Crippen LogP contribution in [0, 0.1) is 5.82 Å². The van der Waals surface area contributed by atoms with Crippen molar-refractivity contribution in [2.24, 2.45) is 0 Å². The minimum atomic E-state index is -0.746. The van der Waals surface area contributed by atoms with Crippen molar-refractivity contribution in [2.45, 2.75) is 12.5 Å². The number of nitrogens with zero attached hydrogens (tertiary/aromatic N) is 2. The van der Waals surface area contributed by atoms with E-state index in [2.05, 4.69) is 4.90 Å². The number of carbonyl (C=O) groups excluding carboxylic acids is 2. The van der Waals surface area contributed by atoms with Gasteiger partial charge in [0.1, 0.15) is 17.3 Å². The molecule has 2 heterocycles. The summed E-state index contributed by atoms with van der Waals surface area (Å²) in [5.41, 5.74) is 0.967. The molecule has 0 radical (unpaired) electrons. The van der Waals surface area contributed by atoms with E-state index in [4.69, 9.17) is 9.47 Å². The van der Waals surface area contributed by atoms with Gasteiger partial charge in [-0.25, -0.2) is 4.39 Å². The van der Waals surface area contributed by atoms with Gasteiger partial charge in [-0.3, -0.25) is 14.5 Å². The Balaban J connectivity index is 1.66. The highest BCUT2D eigenvalue weighted by Crippen LogP contribution is 2.39. The molecule has 4 rings (SSSR count). The number of benzene rings is 2. The van der Waals surface area contributed by atoms with E-state index in [0.29, 0.717) is 37.5 Å². The molecule has 2 fully saturated rings. The van der Waals surface area contributed by atoms with E-state index in [0.717, 1.165) is 19.6 Å². The first kappa shape index (κ1) is 22.9. The fourth-order valence-corrected chi connectivity index (χ4v) is 4.30. The van der Waals surface area contributed by atoms with Crippen LogP contribution in [0.2, 0.25) is 0 Å². The summed E-state index contributed by atoms with van der Waals surface area (Å²) in [6, 6.07) is 11.5. The molecule has 7 nitrogen and oxygen atoms in total. The third-order valence-electron chi connectivity index (χ3n) is 6.07. The van der Waals surface area contributed by atoms with Crippen LogP contribution in [-0.4, -0.2) is 73.1 Å². The van der Waals surface area contributed by atoms with Gasteiger partial charge in [-0.05, 0) is 48.4 Å². The molecule has 8 heteroatoms. The van der Waals surface area contributed by atoms with Gasteiger partial charge in [0.2, 0.25) is 0 Å². The molecule has 0 aromatic heterocycles. The number of aliphatic hydroxyl groups excluding tert-OH is 1. The first-order chi connectivity index (χ1) is 16.0. The SMILES string of the molecule is COc1ccc([C@@H]2C(=C(O)c3ccc(F)cc3)C(=O)C(=O)N2CCCN2CCOCC2)cc1. The maximum absolute atomic E-state index is 13.4. The van der Waals surface area contributed by atoms with Crippen molar-refractivity contribution < 1.29 is 28.6 Å². The summed E-state index contributed by atoms with van der Waals surface area (Å²) in [5.74, 6) is -1.53. The van der Waals surface area contributed by atoms with E-state index >= 15 is 0 Å². The first-order valence-electron chi connectivity index (χ1n) is 11.0. The average molecular weight is 454 g/mol. The molecule has 174 valence electrons. The molecule has 0 bridgehead atoms. The van der Waals surface area contributed by atoms with Crippen LogP contribution in [-0.2, 0) is 14.3 Å². The third kappa shape index (κ3) is 4.91. The second kappa shape index (κ2) is 10.1. The largest absolute Gasteiger partial charge is 0.507 e. The minimum Gasteiger partial charge on any atom is -0.507 e. The smallest absolute Gasteiger partial charge is 0.295 e. The van der Waals surface area contributed by atoms with Crippen molar-refractivity contribution in [1.82, 2.24) is 9.80 Å². The number of amides is 1. The summed E-state index contributed by atoms with van der Waals surface area (Å²) >= 11 is 0. The van der Waals surface area contributed by atoms with Gasteiger partial charge >= 0.3 is 0 Å². The van der Waals surface area contributed by atoms with E-state index in [1.165, 1.54) is 29.2 Å². The first-order valence-corrected chi connectivity index (χ1v) is 11.0. The summed E-state index contributed by atoms with van der Waals surface area (Å²) in [4.78, 5) is 29.8. The number of rotatable bonds is 7. The zero-order chi connectivity index (χ0) is 23.4. The highest BCUT2D eigenvalue weighted by molar-refractivity contribution is 6.46. The summed E-state index contributed by atoms with van der Waals surface area (Å²) in [6.07, 6.45) is 0.677. The monoisotopic (exact) mass is 454 g/mol. The van der Waals surface area contributed by atoms with E-state index in [1.807, 2.05) is 0 Å². The number of aliphatic hydroxyl groups is 1. The second-order valence-corrected chi connectivity index (χ2v) is 8.08. The van der Waals surface area contributed by atoms with Gasteiger partial charge < -0.3 is 19.5 Å². The van der Waals surface area contributed by atoms with Crippen molar-refractivity contribution in [3.8, 4) is 5.75 Å².